The van der Waals surface area contributed by atoms with Gasteiger partial charge in [0.15, 0.2) is 0 Å². The highest BCUT2D eigenvalue weighted by Gasteiger charge is 2.34. The molecule has 1 aromatic rings. The Kier molecular flexibility index (Phi) is 5.52. The zero-order chi connectivity index (χ0) is 18.6. The number of nitro groups is 1. The lowest BCUT2D eigenvalue weighted by molar-refractivity contribution is -0.384. The van der Waals surface area contributed by atoms with Crippen LogP contribution >= 0.6 is 0 Å². The van der Waals surface area contributed by atoms with Crippen molar-refractivity contribution >= 4 is 17.4 Å². The number of oxime groups is 1. The Bertz CT molecular complexity index is 726. The van der Waals surface area contributed by atoms with Crippen LogP contribution in [0.25, 0.3) is 0 Å². The third-order valence-electron chi connectivity index (χ3n) is 4.61. The summed E-state index contributed by atoms with van der Waals surface area (Å²) in [5, 5.41) is 23.9. The van der Waals surface area contributed by atoms with Gasteiger partial charge in [-0.25, -0.2) is 4.79 Å². The fourth-order valence-electron chi connectivity index (χ4n) is 2.93. The van der Waals surface area contributed by atoms with Gasteiger partial charge in [-0.15, -0.1) is 0 Å². The first-order valence-electron chi connectivity index (χ1n) is 8.14. The SMILES string of the molecule is CC(C)(C)[C@H]1CC/C(=N\OC(=O)c2ccc([N+](=O)[O-])cc2)[C@H](C#N)C1. The summed E-state index contributed by atoms with van der Waals surface area (Å²) in [6, 6.07) is 7.34. The van der Waals surface area contributed by atoms with Gasteiger partial charge in [-0.3, -0.25) is 10.1 Å². The molecule has 1 saturated carbocycles. The van der Waals surface area contributed by atoms with Crippen LogP contribution in [0, 0.1) is 38.7 Å². The second-order valence-electron chi connectivity index (χ2n) is 7.28. The number of nitriles is 1. The smallest absolute Gasteiger partial charge is 0.313 e. The van der Waals surface area contributed by atoms with E-state index in [0.29, 0.717) is 24.5 Å². The fourth-order valence-corrected chi connectivity index (χ4v) is 2.93. The molecule has 0 heterocycles. The Morgan fingerprint density at radius 3 is 2.52 bits per heavy atom. The van der Waals surface area contributed by atoms with E-state index in [2.05, 4.69) is 32.0 Å². The highest BCUT2D eigenvalue weighted by atomic mass is 16.7. The first-order valence-corrected chi connectivity index (χ1v) is 8.14. The maximum Gasteiger partial charge on any atom is 0.365 e. The molecule has 0 N–H and O–H groups in total. The van der Waals surface area contributed by atoms with E-state index in [1.807, 2.05) is 0 Å². The third-order valence-corrected chi connectivity index (χ3v) is 4.61. The lowest BCUT2D eigenvalue weighted by atomic mass is 9.69. The van der Waals surface area contributed by atoms with Crippen LogP contribution in [0.5, 0.6) is 0 Å². The molecule has 0 amide bonds. The predicted molar refractivity (Wildman–Crippen MR) is 91.8 cm³/mol. The Morgan fingerprint density at radius 1 is 1.36 bits per heavy atom. The summed E-state index contributed by atoms with van der Waals surface area (Å²) < 4.78 is 0. The molecular formula is C18H21N3O4. The normalized spacial score (nSPS) is 22.2. The molecule has 0 aromatic heterocycles. The van der Waals surface area contributed by atoms with Gasteiger partial charge in [-0.2, -0.15) is 5.26 Å². The molecule has 0 radical (unpaired) electrons. The van der Waals surface area contributed by atoms with Crippen LogP contribution in [-0.2, 0) is 4.84 Å². The summed E-state index contributed by atoms with van der Waals surface area (Å²) in [6.07, 6.45) is 2.22. The van der Waals surface area contributed by atoms with Gasteiger partial charge in [0.1, 0.15) is 0 Å². The van der Waals surface area contributed by atoms with Crippen molar-refractivity contribution in [3.63, 3.8) is 0 Å². The van der Waals surface area contributed by atoms with Gasteiger partial charge in [-0.05, 0) is 42.7 Å². The van der Waals surface area contributed by atoms with E-state index < -0.39 is 10.9 Å². The fraction of sp³-hybridized carbons (Fsp3) is 0.500. The molecule has 132 valence electrons. The van der Waals surface area contributed by atoms with Gasteiger partial charge in [0.25, 0.3) is 5.69 Å². The van der Waals surface area contributed by atoms with Gasteiger partial charge in [0.05, 0.1) is 28.2 Å². The average Bonchev–Trinajstić information content (AvgIpc) is 2.58. The molecule has 1 fully saturated rings. The van der Waals surface area contributed by atoms with E-state index in [9.17, 15) is 20.2 Å². The topological polar surface area (TPSA) is 106 Å². The summed E-state index contributed by atoms with van der Waals surface area (Å²) in [5.41, 5.74) is 0.772. The van der Waals surface area contributed by atoms with Crippen molar-refractivity contribution in [2.24, 2.45) is 22.4 Å². The molecule has 7 nitrogen and oxygen atoms in total. The minimum absolute atomic E-state index is 0.104. The Balaban J connectivity index is 2.04. The minimum Gasteiger partial charge on any atom is -0.313 e. The second-order valence-corrected chi connectivity index (χ2v) is 7.28. The lowest BCUT2D eigenvalue weighted by Gasteiger charge is -2.35. The molecular weight excluding hydrogens is 322 g/mol. The van der Waals surface area contributed by atoms with Gasteiger partial charge in [-0.1, -0.05) is 25.9 Å². The summed E-state index contributed by atoms with van der Waals surface area (Å²) in [6.45, 7) is 6.47. The molecule has 1 aromatic carbocycles. The molecule has 0 bridgehead atoms. The maximum atomic E-state index is 12.0. The first-order chi connectivity index (χ1) is 11.7. The van der Waals surface area contributed by atoms with Crippen LogP contribution in [0.3, 0.4) is 0 Å². The number of hydrogen-bond acceptors (Lipinski definition) is 6. The summed E-state index contributed by atoms with van der Waals surface area (Å²) in [5.74, 6) is -0.638. The van der Waals surface area contributed by atoms with Crippen molar-refractivity contribution in [3.8, 4) is 6.07 Å². The van der Waals surface area contributed by atoms with Crippen molar-refractivity contribution < 1.29 is 14.6 Å². The van der Waals surface area contributed by atoms with Crippen LogP contribution in [0.1, 0.15) is 50.4 Å². The predicted octanol–water partition coefficient (Wildman–Crippen LogP) is 4.09. The molecule has 25 heavy (non-hydrogen) atoms. The lowest BCUT2D eigenvalue weighted by Crippen LogP contribution is -2.31. The molecule has 2 rings (SSSR count). The van der Waals surface area contributed by atoms with Crippen molar-refractivity contribution in [1.82, 2.24) is 0 Å². The van der Waals surface area contributed by atoms with Crippen LogP contribution in [0.15, 0.2) is 29.4 Å². The maximum absolute atomic E-state index is 12.0. The molecule has 0 saturated heterocycles. The highest BCUT2D eigenvalue weighted by Crippen LogP contribution is 2.39. The van der Waals surface area contributed by atoms with E-state index in [1.54, 1.807) is 0 Å². The van der Waals surface area contributed by atoms with Crippen LogP contribution in [0.4, 0.5) is 5.69 Å². The molecule has 0 spiro atoms. The first kappa shape index (κ1) is 18.6. The van der Waals surface area contributed by atoms with Crippen molar-refractivity contribution in [2.75, 3.05) is 0 Å². The monoisotopic (exact) mass is 343 g/mol. The van der Waals surface area contributed by atoms with Crippen LogP contribution in [-0.4, -0.2) is 16.6 Å². The zero-order valence-electron chi connectivity index (χ0n) is 14.6. The number of carbonyl (C=O) groups excluding carboxylic acids is 1. The molecule has 2 atom stereocenters. The molecule has 1 aliphatic rings. The number of hydrogen-bond donors (Lipinski definition) is 0. The summed E-state index contributed by atoms with van der Waals surface area (Å²) in [7, 11) is 0. The van der Waals surface area contributed by atoms with Gasteiger partial charge in [0, 0.05) is 12.1 Å². The molecule has 0 aliphatic heterocycles. The van der Waals surface area contributed by atoms with Crippen molar-refractivity contribution in [1.29, 1.82) is 5.26 Å². The zero-order valence-corrected chi connectivity index (χ0v) is 14.6. The second kappa shape index (κ2) is 7.43. The molecule has 7 heteroatoms. The van der Waals surface area contributed by atoms with E-state index in [1.165, 1.54) is 24.3 Å². The molecule has 1 aliphatic carbocycles. The van der Waals surface area contributed by atoms with Crippen LogP contribution < -0.4 is 0 Å². The van der Waals surface area contributed by atoms with E-state index in [-0.39, 0.29) is 22.6 Å². The number of carbonyl (C=O) groups is 1. The number of nitro benzene ring substituents is 1. The Morgan fingerprint density at radius 2 is 2.00 bits per heavy atom. The van der Waals surface area contributed by atoms with Gasteiger partial charge < -0.3 is 4.84 Å². The Labute approximate surface area is 146 Å². The van der Waals surface area contributed by atoms with E-state index in [0.717, 1.165) is 6.42 Å². The van der Waals surface area contributed by atoms with Crippen molar-refractivity contribution in [3.05, 3.63) is 39.9 Å². The van der Waals surface area contributed by atoms with E-state index in [4.69, 9.17) is 4.84 Å². The molecule has 0 unspecified atom stereocenters. The highest BCUT2D eigenvalue weighted by molar-refractivity contribution is 5.92. The van der Waals surface area contributed by atoms with Gasteiger partial charge >= 0.3 is 5.97 Å². The third kappa shape index (κ3) is 4.63. The summed E-state index contributed by atoms with van der Waals surface area (Å²) in [4.78, 5) is 27.0. The largest absolute Gasteiger partial charge is 0.365 e. The number of non-ortho nitro benzene ring substituents is 1. The van der Waals surface area contributed by atoms with E-state index >= 15 is 0 Å². The standard InChI is InChI=1S/C18H21N3O4/c1-18(2,3)14-6-9-16(13(10-14)11-19)20-25-17(22)12-4-7-15(8-5-12)21(23)24/h4-5,7-8,13-14H,6,9-10H2,1-3H3/b20-16+/t13-,14-/m0/s1. The number of rotatable bonds is 3. The Hall–Kier alpha value is -2.75. The minimum atomic E-state index is -0.697. The van der Waals surface area contributed by atoms with Gasteiger partial charge in [0.2, 0.25) is 0 Å². The number of nitrogens with zero attached hydrogens (tertiary/aromatic N) is 3. The van der Waals surface area contributed by atoms with Crippen LogP contribution in [0.2, 0.25) is 0 Å². The number of benzene rings is 1. The summed E-state index contributed by atoms with van der Waals surface area (Å²) >= 11 is 0. The quantitative estimate of drug-likeness (QED) is 0.467. The average molecular weight is 343 g/mol. The van der Waals surface area contributed by atoms with Crippen molar-refractivity contribution in [2.45, 2.75) is 40.0 Å².